The molecule has 1 atom stereocenters. The molecule has 10 nitrogen and oxygen atoms in total. The normalized spacial score (nSPS) is 16.9. The van der Waals surface area contributed by atoms with Crippen molar-refractivity contribution < 1.29 is 18.1 Å². The Morgan fingerprint density at radius 2 is 1.67 bits per heavy atom. The third-order valence-corrected chi connectivity index (χ3v) is 11.3. The third kappa shape index (κ3) is 8.36. The van der Waals surface area contributed by atoms with Crippen molar-refractivity contribution in [1.29, 1.82) is 0 Å². The molecule has 1 heterocycles. The van der Waals surface area contributed by atoms with Gasteiger partial charge in [0.25, 0.3) is 21.6 Å². The quantitative estimate of drug-likeness (QED) is 0.138. The van der Waals surface area contributed by atoms with Crippen molar-refractivity contribution in [2.24, 2.45) is 5.41 Å². The van der Waals surface area contributed by atoms with Crippen LogP contribution in [0.2, 0.25) is 0 Å². The first kappa shape index (κ1) is 32.8. The second-order valence-corrected chi connectivity index (χ2v) is 15.4. The van der Waals surface area contributed by atoms with E-state index in [9.17, 15) is 23.3 Å². The number of nitrogens with zero attached hydrogens (tertiary/aromatic N) is 3. The summed E-state index contributed by atoms with van der Waals surface area (Å²) in [5, 5.41) is 15.2. The summed E-state index contributed by atoms with van der Waals surface area (Å²) in [5.41, 5.74) is 1.53. The number of rotatable bonds is 12. The van der Waals surface area contributed by atoms with E-state index < -0.39 is 20.9 Å². The average Bonchev–Trinajstić information content (AvgIpc) is 3.48. The van der Waals surface area contributed by atoms with Crippen molar-refractivity contribution in [3.8, 4) is 0 Å². The number of nitro groups is 1. The molecule has 0 bridgehead atoms. The van der Waals surface area contributed by atoms with Crippen LogP contribution < -0.4 is 14.9 Å². The molecule has 5 rings (SSSR count). The molecule has 0 aromatic heterocycles. The van der Waals surface area contributed by atoms with Gasteiger partial charge < -0.3 is 15.1 Å². The summed E-state index contributed by atoms with van der Waals surface area (Å²) in [6, 6.07) is 20.4. The second kappa shape index (κ2) is 14.2. The fourth-order valence-electron chi connectivity index (χ4n) is 6.37. The number of thioether (sulfide) groups is 1. The highest BCUT2D eigenvalue weighted by Crippen LogP contribution is 2.46. The topological polar surface area (TPSA) is 125 Å². The number of anilines is 2. The summed E-state index contributed by atoms with van der Waals surface area (Å²) in [4.78, 5) is 29.4. The van der Waals surface area contributed by atoms with Crippen LogP contribution in [0.4, 0.5) is 17.1 Å². The molecule has 1 aliphatic carbocycles. The van der Waals surface area contributed by atoms with E-state index >= 15 is 0 Å². The monoisotopic (exact) mass is 651 g/mol. The van der Waals surface area contributed by atoms with E-state index in [1.165, 1.54) is 50.7 Å². The maximum atomic E-state index is 13.1. The fourth-order valence-corrected chi connectivity index (χ4v) is 8.61. The first-order valence-electron chi connectivity index (χ1n) is 15.3. The van der Waals surface area contributed by atoms with Crippen molar-refractivity contribution in [2.45, 2.75) is 53.6 Å². The predicted octanol–water partition coefficient (Wildman–Crippen LogP) is 6.01. The lowest BCUT2D eigenvalue weighted by Gasteiger charge is -2.40. The Morgan fingerprint density at radius 1 is 1.00 bits per heavy atom. The van der Waals surface area contributed by atoms with Gasteiger partial charge in [-0.3, -0.25) is 14.9 Å². The number of benzene rings is 3. The minimum absolute atomic E-state index is 0.0648. The molecule has 12 heteroatoms. The Morgan fingerprint density at radius 3 is 2.29 bits per heavy atom. The molecule has 2 N–H and O–H groups in total. The zero-order chi connectivity index (χ0) is 32.0. The molecule has 3 aromatic carbocycles. The van der Waals surface area contributed by atoms with E-state index in [2.05, 4.69) is 14.9 Å². The summed E-state index contributed by atoms with van der Waals surface area (Å²) in [6.45, 7) is 3.09. The number of sulfonamides is 1. The van der Waals surface area contributed by atoms with Gasteiger partial charge in [0.2, 0.25) is 0 Å². The molecule has 1 unspecified atom stereocenters. The highest BCUT2D eigenvalue weighted by atomic mass is 32.2. The fraction of sp³-hybridized carbons (Fsp3) is 0.424. The Hall–Kier alpha value is -3.61. The van der Waals surface area contributed by atoms with Gasteiger partial charge in [-0.15, -0.1) is 11.8 Å². The first-order valence-corrected chi connectivity index (χ1v) is 17.7. The number of hydrogen-bond donors (Lipinski definition) is 2. The summed E-state index contributed by atoms with van der Waals surface area (Å²) in [5.74, 6) is -0.792. The van der Waals surface area contributed by atoms with Crippen LogP contribution in [-0.2, 0) is 10.0 Å². The summed E-state index contributed by atoms with van der Waals surface area (Å²) >= 11 is 1.66. The van der Waals surface area contributed by atoms with E-state index in [4.69, 9.17) is 0 Å². The van der Waals surface area contributed by atoms with Gasteiger partial charge >= 0.3 is 0 Å². The minimum atomic E-state index is -4.36. The van der Waals surface area contributed by atoms with Crippen LogP contribution in [0.5, 0.6) is 0 Å². The first-order chi connectivity index (χ1) is 21.5. The SMILES string of the molecule is CN(C)CC(CNc1ccc(S(=O)(=O)NC(=O)c2ccc(N3CCC4(CCCC4)CC3)cc2)cc1[N+](=O)[O-])Sc1ccccc1. The molecule has 1 saturated heterocycles. The van der Waals surface area contributed by atoms with E-state index in [0.29, 0.717) is 12.0 Å². The predicted molar refractivity (Wildman–Crippen MR) is 180 cm³/mol. The lowest BCUT2D eigenvalue weighted by Crippen LogP contribution is -2.38. The van der Waals surface area contributed by atoms with Crippen LogP contribution in [0.15, 0.2) is 82.6 Å². The molecular formula is C33H41N5O5S2. The maximum Gasteiger partial charge on any atom is 0.293 e. The molecule has 2 fully saturated rings. The lowest BCUT2D eigenvalue weighted by atomic mass is 9.77. The van der Waals surface area contributed by atoms with Gasteiger partial charge in [-0.1, -0.05) is 31.0 Å². The molecule has 1 aliphatic heterocycles. The van der Waals surface area contributed by atoms with Crippen molar-refractivity contribution in [1.82, 2.24) is 9.62 Å². The van der Waals surface area contributed by atoms with E-state index in [-0.39, 0.29) is 27.1 Å². The number of amides is 1. The zero-order valence-corrected chi connectivity index (χ0v) is 27.4. The molecule has 1 amide bonds. The Balaban J connectivity index is 1.23. The summed E-state index contributed by atoms with van der Waals surface area (Å²) in [7, 11) is -0.443. The van der Waals surface area contributed by atoms with Crippen LogP contribution >= 0.6 is 11.8 Å². The third-order valence-electron chi connectivity index (χ3n) is 8.82. The maximum absolute atomic E-state index is 13.1. The van der Waals surface area contributed by atoms with Crippen LogP contribution in [0.3, 0.4) is 0 Å². The molecule has 0 radical (unpaired) electrons. The van der Waals surface area contributed by atoms with Crippen LogP contribution in [-0.4, -0.2) is 69.7 Å². The number of nitro benzene ring substituents is 1. The van der Waals surface area contributed by atoms with Gasteiger partial charge in [-0.25, -0.2) is 13.1 Å². The zero-order valence-electron chi connectivity index (χ0n) is 25.8. The molecule has 1 spiro atoms. The van der Waals surface area contributed by atoms with Gasteiger partial charge in [0.1, 0.15) is 5.69 Å². The highest BCUT2D eigenvalue weighted by molar-refractivity contribution is 8.00. The average molecular weight is 652 g/mol. The van der Waals surface area contributed by atoms with Crippen LogP contribution in [0, 0.1) is 15.5 Å². The molecule has 3 aromatic rings. The molecule has 45 heavy (non-hydrogen) atoms. The van der Waals surface area contributed by atoms with E-state index in [1.807, 2.05) is 61.5 Å². The summed E-state index contributed by atoms with van der Waals surface area (Å²) in [6.07, 6.45) is 7.65. The largest absolute Gasteiger partial charge is 0.378 e. The number of nitrogens with one attached hydrogen (secondary N) is 2. The number of hydrogen-bond acceptors (Lipinski definition) is 9. The molecule has 1 saturated carbocycles. The van der Waals surface area contributed by atoms with Crippen LogP contribution in [0.1, 0.15) is 48.9 Å². The van der Waals surface area contributed by atoms with Crippen molar-refractivity contribution in [3.63, 3.8) is 0 Å². The van der Waals surface area contributed by atoms with E-state index in [0.717, 1.165) is 36.3 Å². The molecule has 240 valence electrons. The number of carbonyl (C=O) groups excluding carboxylic acids is 1. The Labute approximate surface area is 269 Å². The van der Waals surface area contributed by atoms with Crippen molar-refractivity contribution in [2.75, 3.05) is 50.5 Å². The minimum Gasteiger partial charge on any atom is -0.378 e. The van der Waals surface area contributed by atoms with Gasteiger partial charge in [0.05, 0.1) is 9.82 Å². The standard InChI is InChI=1S/C33H41N5O5S2/c1-36(2)24-28(44-27-8-4-3-5-9-27)23-34-30-15-14-29(22-31(30)38(40)41)45(42,43)35-32(39)25-10-12-26(13-11-25)37-20-18-33(19-21-37)16-6-7-17-33/h3-5,8-15,22,28,34H,6-7,16-21,23-24H2,1-2H3,(H,35,39). The second-order valence-electron chi connectivity index (χ2n) is 12.3. The number of carbonyl (C=O) groups is 1. The Bertz CT molecular complexity index is 1580. The molecule has 2 aliphatic rings. The summed E-state index contributed by atoms with van der Waals surface area (Å²) < 4.78 is 28.3. The van der Waals surface area contributed by atoms with Crippen LogP contribution in [0.25, 0.3) is 0 Å². The number of piperidine rings is 1. The lowest BCUT2D eigenvalue weighted by molar-refractivity contribution is -0.384. The van der Waals surface area contributed by atoms with Gasteiger partial charge in [0.15, 0.2) is 0 Å². The van der Waals surface area contributed by atoms with Gasteiger partial charge in [-0.05, 0) is 93.7 Å². The van der Waals surface area contributed by atoms with E-state index in [1.54, 1.807) is 23.9 Å². The van der Waals surface area contributed by atoms with Gasteiger partial charge in [-0.2, -0.15) is 0 Å². The van der Waals surface area contributed by atoms with Crippen molar-refractivity contribution in [3.05, 3.63) is 88.5 Å². The van der Waals surface area contributed by atoms with Crippen molar-refractivity contribution >= 4 is 44.8 Å². The molecular weight excluding hydrogens is 611 g/mol. The van der Waals surface area contributed by atoms with Gasteiger partial charge in [0, 0.05) is 53.6 Å². The highest BCUT2D eigenvalue weighted by Gasteiger charge is 2.37. The smallest absolute Gasteiger partial charge is 0.293 e. The Kier molecular flexibility index (Phi) is 10.4.